The van der Waals surface area contributed by atoms with Crippen molar-refractivity contribution in [2.75, 3.05) is 22.9 Å². The zero-order valence-electron chi connectivity index (χ0n) is 9.99. The van der Waals surface area contributed by atoms with Gasteiger partial charge in [-0.3, -0.25) is 0 Å². The fourth-order valence-corrected chi connectivity index (χ4v) is 3.16. The Morgan fingerprint density at radius 1 is 1.12 bits per heavy atom. The van der Waals surface area contributed by atoms with Gasteiger partial charge in [-0.05, 0) is 41.4 Å². The molecule has 0 radical (unpaired) electrons. The molecule has 1 aliphatic rings. The summed E-state index contributed by atoms with van der Waals surface area (Å²) in [6.07, 6.45) is 2.48. The summed E-state index contributed by atoms with van der Waals surface area (Å²) in [6.45, 7) is 6.60. The number of rotatable bonds is 4. The lowest BCUT2D eigenvalue weighted by molar-refractivity contribution is 0.697. The number of hydrogen-bond donors (Lipinski definition) is 0. The van der Waals surface area contributed by atoms with Crippen molar-refractivity contribution in [1.29, 1.82) is 0 Å². The number of halogens is 1. The number of unbranched alkanes of at least 4 members (excludes halogenated alkanes) is 1. The van der Waals surface area contributed by atoms with E-state index in [-0.39, 0.29) is 0 Å². The van der Waals surface area contributed by atoms with E-state index in [9.17, 15) is 0 Å². The zero-order chi connectivity index (χ0) is 11.5. The van der Waals surface area contributed by atoms with E-state index < -0.39 is 0 Å². The Morgan fingerprint density at radius 3 is 2.31 bits per heavy atom. The summed E-state index contributed by atoms with van der Waals surface area (Å²) in [5, 5.41) is 0.321. The van der Waals surface area contributed by atoms with Gasteiger partial charge >= 0.3 is 0 Å². The molecule has 0 N–H and O–H groups in total. The van der Waals surface area contributed by atoms with Gasteiger partial charge in [0.1, 0.15) is 0 Å². The molecular weight excluding hydrogens is 264 g/mol. The molecule has 0 aliphatic carbocycles. The second-order valence-corrected chi connectivity index (χ2v) is 4.95. The predicted octanol–water partition coefficient (Wildman–Crippen LogP) is 3.81. The first-order valence-electron chi connectivity index (χ1n) is 6.06. The Hall–Kier alpha value is -0.700. The van der Waals surface area contributed by atoms with Gasteiger partial charge in [0.25, 0.3) is 0 Å². The SMILES string of the molecule is CCCCN1c2ccccc2N(CC)C1Br. The van der Waals surface area contributed by atoms with E-state index in [1.54, 1.807) is 0 Å². The van der Waals surface area contributed by atoms with Crippen molar-refractivity contribution in [2.24, 2.45) is 0 Å². The van der Waals surface area contributed by atoms with E-state index in [0.29, 0.717) is 5.08 Å². The van der Waals surface area contributed by atoms with Crippen LogP contribution in [0.1, 0.15) is 26.7 Å². The number of alkyl halides is 1. The summed E-state index contributed by atoms with van der Waals surface area (Å²) in [7, 11) is 0. The fourth-order valence-electron chi connectivity index (χ4n) is 2.22. The van der Waals surface area contributed by atoms with Crippen LogP contribution in [-0.2, 0) is 0 Å². The third-order valence-corrected chi connectivity index (χ3v) is 4.10. The van der Waals surface area contributed by atoms with Crippen LogP contribution in [0.4, 0.5) is 11.4 Å². The molecule has 2 nitrogen and oxygen atoms in total. The summed E-state index contributed by atoms with van der Waals surface area (Å²) in [5.74, 6) is 0. The Labute approximate surface area is 106 Å². The van der Waals surface area contributed by atoms with Gasteiger partial charge < -0.3 is 9.80 Å². The van der Waals surface area contributed by atoms with Crippen molar-refractivity contribution in [1.82, 2.24) is 0 Å². The lowest BCUT2D eigenvalue weighted by atomic mass is 10.2. The molecule has 0 aromatic heterocycles. The normalized spacial score (nSPS) is 19.1. The molecule has 0 fully saturated rings. The average Bonchev–Trinajstić information content (AvgIpc) is 2.58. The molecule has 0 saturated heterocycles. The highest BCUT2D eigenvalue weighted by molar-refractivity contribution is 9.09. The molecule has 1 atom stereocenters. The minimum atomic E-state index is 0.321. The minimum Gasteiger partial charge on any atom is -0.341 e. The Morgan fingerprint density at radius 2 is 1.75 bits per heavy atom. The topological polar surface area (TPSA) is 6.48 Å². The molecule has 16 heavy (non-hydrogen) atoms. The monoisotopic (exact) mass is 282 g/mol. The van der Waals surface area contributed by atoms with Gasteiger partial charge in [-0.1, -0.05) is 25.5 Å². The molecule has 2 rings (SSSR count). The van der Waals surface area contributed by atoms with Gasteiger partial charge in [0.15, 0.2) is 5.08 Å². The average molecular weight is 283 g/mol. The van der Waals surface area contributed by atoms with Gasteiger partial charge in [0, 0.05) is 13.1 Å². The van der Waals surface area contributed by atoms with Crippen molar-refractivity contribution in [3.8, 4) is 0 Å². The van der Waals surface area contributed by atoms with Gasteiger partial charge in [0.05, 0.1) is 11.4 Å². The van der Waals surface area contributed by atoms with Crippen LogP contribution in [0.3, 0.4) is 0 Å². The van der Waals surface area contributed by atoms with Crippen molar-refractivity contribution in [2.45, 2.75) is 31.8 Å². The zero-order valence-corrected chi connectivity index (χ0v) is 11.6. The standard InChI is InChI=1S/C13H19BrN2/c1-3-5-10-16-12-9-7-6-8-11(12)15(4-2)13(16)14/h6-9,13H,3-5,10H2,1-2H3. The lowest BCUT2D eigenvalue weighted by Gasteiger charge is -2.27. The Balaban J connectivity index is 2.27. The second kappa shape index (κ2) is 5.09. The number of benzene rings is 1. The number of anilines is 2. The molecule has 0 amide bonds. The van der Waals surface area contributed by atoms with E-state index >= 15 is 0 Å². The summed E-state index contributed by atoms with van der Waals surface area (Å²) in [4.78, 5) is 4.84. The second-order valence-electron chi connectivity index (χ2n) is 4.13. The molecule has 1 heterocycles. The Kier molecular flexibility index (Phi) is 3.74. The van der Waals surface area contributed by atoms with E-state index in [0.717, 1.165) is 13.1 Å². The molecule has 0 spiro atoms. The first-order valence-corrected chi connectivity index (χ1v) is 6.97. The quantitative estimate of drug-likeness (QED) is 0.612. The van der Waals surface area contributed by atoms with Crippen molar-refractivity contribution >= 4 is 27.3 Å². The summed E-state index contributed by atoms with van der Waals surface area (Å²) in [5.41, 5.74) is 2.71. The van der Waals surface area contributed by atoms with E-state index in [4.69, 9.17) is 0 Å². The molecule has 1 aromatic rings. The van der Waals surface area contributed by atoms with Crippen molar-refractivity contribution in [3.63, 3.8) is 0 Å². The number of para-hydroxylation sites is 2. The van der Waals surface area contributed by atoms with Crippen molar-refractivity contribution < 1.29 is 0 Å². The summed E-state index contributed by atoms with van der Waals surface area (Å²) >= 11 is 3.79. The van der Waals surface area contributed by atoms with Crippen LogP contribution in [0.15, 0.2) is 24.3 Å². The maximum atomic E-state index is 3.79. The smallest absolute Gasteiger partial charge is 0.159 e. The van der Waals surface area contributed by atoms with Gasteiger partial charge in [0.2, 0.25) is 0 Å². The van der Waals surface area contributed by atoms with Crippen LogP contribution in [0.5, 0.6) is 0 Å². The molecule has 88 valence electrons. The number of fused-ring (bicyclic) bond motifs is 1. The highest BCUT2D eigenvalue weighted by Gasteiger charge is 2.31. The summed E-state index contributed by atoms with van der Waals surface area (Å²) < 4.78 is 0. The van der Waals surface area contributed by atoms with Crippen LogP contribution in [0.2, 0.25) is 0 Å². The van der Waals surface area contributed by atoms with Crippen LogP contribution in [-0.4, -0.2) is 18.2 Å². The Bertz CT molecular complexity index is 354. The van der Waals surface area contributed by atoms with E-state index in [2.05, 4.69) is 63.8 Å². The molecule has 1 aliphatic heterocycles. The molecular formula is C13H19BrN2. The van der Waals surface area contributed by atoms with Gasteiger partial charge in [-0.2, -0.15) is 0 Å². The van der Waals surface area contributed by atoms with Crippen LogP contribution in [0, 0.1) is 0 Å². The van der Waals surface area contributed by atoms with Crippen LogP contribution < -0.4 is 9.80 Å². The van der Waals surface area contributed by atoms with E-state index in [1.165, 1.54) is 24.2 Å². The minimum absolute atomic E-state index is 0.321. The first-order chi connectivity index (χ1) is 7.79. The third-order valence-electron chi connectivity index (χ3n) is 3.11. The maximum Gasteiger partial charge on any atom is 0.159 e. The van der Waals surface area contributed by atoms with Gasteiger partial charge in [-0.15, -0.1) is 0 Å². The lowest BCUT2D eigenvalue weighted by Crippen LogP contribution is -2.38. The summed E-state index contributed by atoms with van der Waals surface area (Å²) in [6, 6.07) is 8.66. The first kappa shape index (κ1) is 11.8. The molecule has 1 aromatic carbocycles. The maximum absolute atomic E-state index is 3.79. The molecule has 1 unspecified atom stereocenters. The van der Waals surface area contributed by atoms with Crippen molar-refractivity contribution in [3.05, 3.63) is 24.3 Å². The molecule has 0 bridgehead atoms. The predicted molar refractivity (Wildman–Crippen MR) is 74.4 cm³/mol. The largest absolute Gasteiger partial charge is 0.341 e. The van der Waals surface area contributed by atoms with Gasteiger partial charge in [-0.25, -0.2) is 0 Å². The molecule has 0 saturated carbocycles. The fraction of sp³-hybridized carbons (Fsp3) is 0.538. The highest BCUT2D eigenvalue weighted by atomic mass is 79.9. The van der Waals surface area contributed by atoms with Crippen LogP contribution in [0.25, 0.3) is 0 Å². The number of nitrogens with zero attached hydrogens (tertiary/aromatic N) is 2. The third kappa shape index (κ3) is 1.93. The molecule has 3 heteroatoms. The number of hydrogen-bond acceptors (Lipinski definition) is 2. The van der Waals surface area contributed by atoms with Crippen LogP contribution >= 0.6 is 15.9 Å². The van der Waals surface area contributed by atoms with E-state index in [1.807, 2.05) is 0 Å². The highest BCUT2D eigenvalue weighted by Crippen LogP contribution is 2.41.